The molecule has 0 N–H and O–H groups in total. The van der Waals surface area contributed by atoms with Gasteiger partial charge in [0, 0.05) is 6.20 Å². The number of rotatable bonds is 3. The zero-order chi connectivity index (χ0) is 12.4. The SMILES string of the molecule is O=Cc1cnn(Cc2ccc3ccccc3c2)c1. The Labute approximate surface area is 105 Å². The van der Waals surface area contributed by atoms with Crippen LogP contribution in [0.2, 0.25) is 0 Å². The minimum Gasteiger partial charge on any atom is -0.298 e. The van der Waals surface area contributed by atoms with E-state index in [2.05, 4.69) is 35.4 Å². The van der Waals surface area contributed by atoms with Gasteiger partial charge < -0.3 is 0 Å². The number of hydrogen-bond donors (Lipinski definition) is 0. The smallest absolute Gasteiger partial charge is 0.153 e. The van der Waals surface area contributed by atoms with E-state index >= 15 is 0 Å². The number of carbonyl (C=O) groups excluding carboxylic acids is 1. The maximum absolute atomic E-state index is 10.6. The molecule has 2 aromatic carbocycles. The maximum Gasteiger partial charge on any atom is 0.153 e. The summed E-state index contributed by atoms with van der Waals surface area (Å²) >= 11 is 0. The number of carbonyl (C=O) groups is 1. The average molecular weight is 236 g/mol. The van der Waals surface area contributed by atoms with Crippen molar-refractivity contribution in [3.63, 3.8) is 0 Å². The van der Waals surface area contributed by atoms with Gasteiger partial charge in [-0.1, -0.05) is 36.4 Å². The molecule has 0 amide bonds. The van der Waals surface area contributed by atoms with Crippen molar-refractivity contribution in [3.05, 3.63) is 66.0 Å². The Morgan fingerprint density at radius 2 is 1.94 bits per heavy atom. The molecule has 3 rings (SSSR count). The normalized spacial score (nSPS) is 10.7. The third-order valence-electron chi connectivity index (χ3n) is 2.95. The lowest BCUT2D eigenvalue weighted by Crippen LogP contribution is -1.99. The fourth-order valence-electron chi connectivity index (χ4n) is 2.05. The van der Waals surface area contributed by atoms with Crippen molar-refractivity contribution in [1.82, 2.24) is 9.78 Å². The predicted octanol–water partition coefficient (Wildman–Crippen LogP) is 2.90. The second-order valence-corrected chi connectivity index (χ2v) is 4.27. The summed E-state index contributed by atoms with van der Waals surface area (Å²) in [5.41, 5.74) is 1.78. The Morgan fingerprint density at radius 1 is 1.11 bits per heavy atom. The summed E-state index contributed by atoms with van der Waals surface area (Å²) in [5, 5.41) is 6.60. The zero-order valence-corrected chi connectivity index (χ0v) is 9.78. The van der Waals surface area contributed by atoms with Gasteiger partial charge in [0.15, 0.2) is 6.29 Å². The van der Waals surface area contributed by atoms with E-state index in [0.717, 1.165) is 6.29 Å². The highest BCUT2D eigenvalue weighted by Gasteiger charge is 2.00. The Bertz CT molecular complexity index is 700. The Kier molecular flexibility index (Phi) is 2.65. The van der Waals surface area contributed by atoms with Crippen molar-refractivity contribution < 1.29 is 4.79 Å². The molecular weight excluding hydrogens is 224 g/mol. The van der Waals surface area contributed by atoms with Gasteiger partial charge in [-0.2, -0.15) is 5.10 Å². The van der Waals surface area contributed by atoms with Crippen LogP contribution >= 0.6 is 0 Å². The highest BCUT2D eigenvalue weighted by Crippen LogP contribution is 2.16. The van der Waals surface area contributed by atoms with Crippen LogP contribution < -0.4 is 0 Å². The fraction of sp³-hybridized carbons (Fsp3) is 0.0667. The van der Waals surface area contributed by atoms with E-state index in [4.69, 9.17) is 0 Å². The minimum absolute atomic E-state index is 0.607. The molecular formula is C15H12N2O. The molecule has 0 atom stereocenters. The molecule has 0 fully saturated rings. The van der Waals surface area contributed by atoms with Crippen LogP contribution in [0.25, 0.3) is 10.8 Å². The summed E-state index contributed by atoms with van der Waals surface area (Å²) in [6, 6.07) is 14.6. The van der Waals surface area contributed by atoms with E-state index < -0.39 is 0 Å². The molecule has 0 saturated carbocycles. The molecule has 0 radical (unpaired) electrons. The maximum atomic E-state index is 10.6. The van der Waals surface area contributed by atoms with Crippen molar-refractivity contribution in [2.45, 2.75) is 6.54 Å². The Morgan fingerprint density at radius 3 is 2.72 bits per heavy atom. The summed E-state index contributed by atoms with van der Waals surface area (Å²) in [7, 11) is 0. The summed E-state index contributed by atoms with van der Waals surface area (Å²) in [6.07, 6.45) is 4.14. The largest absolute Gasteiger partial charge is 0.298 e. The first kappa shape index (κ1) is 10.7. The second-order valence-electron chi connectivity index (χ2n) is 4.27. The van der Waals surface area contributed by atoms with Gasteiger partial charge in [0.2, 0.25) is 0 Å². The van der Waals surface area contributed by atoms with Crippen LogP contribution in [0.1, 0.15) is 15.9 Å². The molecule has 0 saturated heterocycles. The van der Waals surface area contributed by atoms with E-state index in [9.17, 15) is 4.79 Å². The molecule has 0 aliphatic rings. The number of aromatic nitrogens is 2. The number of fused-ring (bicyclic) bond motifs is 1. The second kappa shape index (κ2) is 4.45. The third kappa shape index (κ3) is 2.02. The van der Waals surface area contributed by atoms with Crippen LogP contribution in [0, 0.1) is 0 Å². The van der Waals surface area contributed by atoms with E-state index in [0.29, 0.717) is 12.1 Å². The monoisotopic (exact) mass is 236 g/mol. The quantitative estimate of drug-likeness (QED) is 0.655. The van der Waals surface area contributed by atoms with Gasteiger partial charge in [-0.05, 0) is 22.4 Å². The van der Waals surface area contributed by atoms with E-state index in [1.807, 2.05) is 12.1 Å². The van der Waals surface area contributed by atoms with Crippen molar-refractivity contribution >= 4 is 17.1 Å². The van der Waals surface area contributed by atoms with Crippen LogP contribution in [0.15, 0.2) is 54.9 Å². The third-order valence-corrected chi connectivity index (χ3v) is 2.95. The van der Waals surface area contributed by atoms with Crippen molar-refractivity contribution in [2.24, 2.45) is 0 Å². The molecule has 3 aromatic rings. The van der Waals surface area contributed by atoms with Gasteiger partial charge in [0.05, 0.1) is 18.3 Å². The fourth-order valence-corrected chi connectivity index (χ4v) is 2.05. The van der Waals surface area contributed by atoms with Gasteiger partial charge in [-0.15, -0.1) is 0 Å². The van der Waals surface area contributed by atoms with Crippen molar-refractivity contribution in [3.8, 4) is 0 Å². The summed E-state index contributed by atoms with van der Waals surface area (Å²) in [4.78, 5) is 10.6. The van der Waals surface area contributed by atoms with E-state index in [1.54, 1.807) is 17.1 Å². The highest BCUT2D eigenvalue weighted by atomic mass is 16.1. The highest BCUT2D eigenvalue weighted by molar-refractivity contribution is 5.83. The van der Waals surface area contributed by atoms with E-state index in [1.165, 1.54) is 16.3 Å². The number of benzene rings is 2. The number of nitrogens with zero attached hydrogens (tertiary/aromatic N) is 2. The molecule has 3 heteroatoms. The molecule has 0 aliphatic heterocycles. The van der Waals surface area contributed by atoms with Crippen LogP contribution in [-0.2, 0) is 6.54 Å². The Hall–Kier alpha value is -2.42. The molecule has 0 spiro atoms. The lowest BCUT2D eigenvalue weighted by Gasteiger charge is -2.04. The lowest BCUT2D eigenvalue weighted by molar-refractivity contribution is 0.112. The van der Waals surface area contributed by atoms with Crippen molar-refractivity contribution in [2.75, 3.05) is 0 Å². The summed E-state index contributed by atoms with van der Waals surface area (Å²) in [5.74, 6) is 0. The topological polar surface area (TPSA) is 34.9 Å². The zero-order valence-electron chi connectivity index (χ0n) is 9.78. The van der Waals surface area contributed by atoms with Crippen LogP contribution in [0.5, 0.6) is 0 Å². The van der Waals surface area contributed by atoms with Gasteiger partial charge in [0.1, 0.15) is 0 Å². The van der Waals surface area contributed by atoms with Crippen LogP contribution in [0.3, 0.4) is 0 Å². The van der Waals surface area contributed by atoms with Gasteiger partial charge >= 0.3 is 0 Å². The standard InChI is InChI=1S/C15H12N2O/c18-11-13-8-16-17(10-13)9-12-5-6-14-3-1-2-4-15(14)7-12/h1-8,10-11H,9H2. The van der Waals surface area contributed by atoms with Gasteiger partial charge in [0.25, 0.3) is 0 Å². The van der Waals surface area contributed by atoms with Gasteiger partial charge in [-0.25, -0.2) is 0 Å². The number of hydrogen-bond acceptors (Lipinski definition) is 2. The molecule has 0 bridgehead atoms. The molecule has 0 aliphatic carbocycles. The lowest BCUT2D eigenvalue weighted by atomic mass is 10.1. The molecule has 3 nitrogen and oxygen atoms in total. The molecule has 18 heavy (non-hydrogen) atoms. The van der Waals surface area contributed by atoms with E-state index in [-0.39, 0.29) is 0 Å². The first-order chi connectivity index (χ1) is 8.85. The molecule has 0 unspecified atom stereocenters. The van der Waals surface area contributed by atoms with Crippen LogP contribution in [-0.4, -0.2) is 16.1 Å². The minimum atomic E-state index is 0.607. The Balaban J connectivity index is 1.92. The summed E-state index contributed by atoms with van der Waals surface area (Å²) < 4.78 is 1.77. The summed E-state index contributed by atoms with van der Waals surface area (Å²) in [6.45, 7) is 0.679. The molecule has 1 heterocycles. The molecule has 88 valence electrons. The van der Waals surface area contributed by atoms with Crippen LogP contribution in [0.4, 0.5) is 0 Å². The number of aldehydes is 1. The first-order valence-electron chi connectivity index (χ1n) is 5.80. The van der Waals surface area contributed by atoms with Crippen molar-refractivity contribution in [1.29, 1.82) is 0 Å². The van der Waals surface area contributed by atoms with Gasteiger partial charge in [-0.3, -0.25) is 9.48 Å². The molecule has 1 aromatic heterocycles. The predicted molar refractivity (Wildman–Crippen MR) is 70.7 cm³/mol. The average Bonchev–Trinajstić information content (AvgIpc) is 2.86. The first-order valence-corrected chi connectivity index (χ1v) is 5.80.